The SMILES string of the molecule is CNCC#Cc1ccc(F)c(O)c1. The van der Waals surface area contributed by atoms with Crippen LogP contribution < -0.4 is 5.32 Å². The molecule has 3 heteroatoms. The average molecular weight is 179 g/mol. The zero-order valence-electron chi connectivity index (χ0n) is 7.26. The Kier molecular flexibility index (Phi) is 3.30. The molecule has 1 aromatic rings. The van der Waals surface area contributed by atoms with E-state index in [0.29, 0.717) is 12.1 Å². The Hall–Kier alpha value is -1.53. The van der Waals surface area contributed by atoms with Crippen molar-refractivity contribution in [1.29, 1.82) is 0 Å². The highest BCUT2D eigenvalue weighted by molar-refractivity contribution is 5.40. The van der Waals surface area contributed by atoms with Gasteiger partial charge in [0.1, 0.15) is 0 Å². The van der Waals surface area contributed by atoms with Crippen LogP contribution in [0.3, 0.4) is 0 Å². The van der Waals surface area contributed by atoms with Crippen molar-refractivity contribution < 1.29 is 9.50 Å². The first-order chi connectivity index (χ1) is 6.24. The molecule has 0 saturated carbocycles. The first kappa shape index (κ1) is 9.56. The molecule has 0 heterocycles. The lowest BCUT2D eigenvalue weighted by atomic mass is 10.2. The Morgan fingerprint density at radius 3 is 2.92 bits per heavy atom. The van der Waals surface area contributed by atoms with E-state index in [0.717, 1.165) is 0 Å². The van der Waals surface area contributed by atoms with E-state index in [1.165, 1.54) is 18.2 Å². The summed E-state index contributed by atoms with van der Waals surface area (Å²) in [4.78, 5) is 0. The molecule has 0 amide bonds. The fourth-order valence-electron chi connectivity index (χ4n) is 0.825. The summed E-state index contributed by atoms with van der Waals surface area (Å²) in [5.41, 5.74) is 0.606. The molecule has 0 aliphatic rings. The largest absolute Gasteiger partial charge is 0.505 e. The van der Waals surface area contributed by atoms with Gasteiger partial charge in [-0.3, -0.25) is 0 Å². The predicted molar refractivity (Wildman–Crippen MR) is 48.9 cm³/mol. The zero-order valence-corrected chi connectivity index (χ0v) is 7.26. The number of hydrogen-bond donors (Lipinski definition) is 2. The summed E-state index contributed by atoms with van der Waals surface area (Å²) in [6.45, 7) is 0.568. The van der Waals surface area contributed by atoms with Crippen LogP contribution in [0.5, 0.6) is 5.75 Å². The molecule has 68 valence electrons. The topological polar surface area (TPSA) is 32.3 Å². The summed E-state index contributed by atoms with van der Waals surface area (Å²) in [5.74, 6) is 4.59. The minimum atomic E-state index is -0.626. The summed E-state index contributed by atoms with van der Waals surface area (Å²) in [5, 5.41) is 11.9. The van der Waals surface area contributed by atoms with E-state index >= 15 is 0 Å². The molecule has 0 aromatic heterocycles. The van der Waals surface area contributed by atoms with Crippen LogP contribution in [0.15, 0.2) is 18.2 Å². The van der Waals surface area contributed by atoms with Gasteiger partial charge in [0.15, 0.2) is 11.6 Å². The quantitative estimate of drug-likeness (QED) is 0.633. The molecular weight excluding hydrogens is 169 g/mol. The normalized spacial score (nSPS) is 9.08. The molecule has 1 aromatic carbocycles. The highest BCUT2D eigenvalue weighted by atomic mass is 19.1. The van der Waals surface area contributed by atoms with Crippen LogP contribution in [0.25, 0.3) is 0 Å². The second kappa shape index (κ2) is 4.48. The van der Waals surface area contributed by atoms with E-state index in [1.807, 2.05) is 0 Å². The summed E-state index contributed by atoms with van der Waals surface area (Å²) >= 11 is 0. The smallest absolute Gasteiger partial charge is 0.164 e. The van der Waals surface area contributed by atoms with Crippen molar-refractivity contribution >= 4 is 0 Å². The number of aromatic hydroxyl groups is 1. The molecule has 13 heavy (non-hydrogen) atoms. The van der Waals surface area contributed by atoms with E-state index in [4.69, 9.17) is 5.11 Å². The summed E-state index contributed by atoms with van der Waals surface area (Å²) in [6, 6.07) is 4.02. The number of phenols is 1. The maximum atomic E-state index is 12.6. The van der Waals surface area contributed by atoms with Gasteiger partial charge in [0.25, 0.3) is 0 Å². The lowest BCUT2D eigenvalue weighted by molar-refractivity contribution is 0.432. The van der Waals surface area contributed by atoms with Gasteiger partial charge in [0.05, 0.1) is 6.54 Å². The van der Waals surface area contributed by atoms with E-state index in [2.05, 4.69) is 17.2 Å². The Morgan fingerprint density at radius 2 is 2.31 bits per heavy atom. The summed E-state index contributed by atoms with van der Waals surface area (Å²) < 4.78 is 12.6. The van der Waals surface area contributed by atoms with E-state index in [9.17, 15) is 4.39 Å². The van der Waals surface area contributed by atoms with Crippen LogP contribution in [-0.4, -0.2) is 18.7 Å². The van der Waals surface area contributed by atoms with Gasteiger partial charge >= 0.3 is 0 Å². The molecule has 1 rings (SSSR count). The molecule has 0 atom stereocenters. The average Bonchev–Trinajstić information content (AvgIpc) is 2.12. The first-order valence-corrected chi connectivity index (χ1v) is 3.86. The molecule has 0 radical (unpaired) electrons. The van der Waals surface area contributed by atoms with E-state index in [-0.39, 0.29) is 5.75 Å². The van der Waals surface area contributed by atoms with Gasteiger partial charge in [0, 0.05) is 5.56 Å². The molecule has 0 aliphatic carbocycles. The zero-order chi connectivity index (χ0) is 9.68. The molecular formula is C10H10FNO. The van der Waals surface area contributed by atoms with E-state index < -0.39 is 5.82 Å². The van der Waals surface area contributed by atoms with Crippen molar-refractivity contribution in [2.75, 3.05) is 13.6 Å². The summed E-state index contributed by atoms with van der Waals surface area (Å²) in [6.07, 6.45) is 0. The van der Waals surface area contributed by atoms with E-state index in [1.54, 1.807) is 7.05 Å². The minimum absolute atomic E-state index is 0.365. The second-order valence-corrected chi connectivity index (χ2v) is 2.50. The maximum Gasteiger partial charge on any atom is 0.164 e. The van der Waals surface area contributed by atoms with Crippen molar-refractivity contribution in [2.24, 2.45) is 0 Å². The van der Waals surface area contributed by atoms with Crippen LogP contribution in [0, 0.1) is 17.7 Å². The lowest BCUT2D eigenvalue weighted by Gasteiger charge is -1.94. The highest BCUT2D eigenvalue weighted by Gasteiger charge is 1.98. The van der Waals surface area contributed by atoms with Crippen LogP contribution in [0.4, 0.5) is 4.39 Å². The van der Waals surface area contributed by atoms with Crippen LogP contribution in [0.1, 0.15) is 5.56 Å². The number of rotatable bonds is 1. The van der Waals surface area contributed by atoms with Crippen molar-refractivity contribution in [3.63, 3.8) is 0 Å². The van der Waals surface area contributed by atoms with Crippen LogP contribution in [-0.2, 0) is 0 Å². The van der Waals surface area contributed by atoms with Gasteiger partial charge in [0.2, 0.25) is 0 Å². The molecule has 0 bridgehead atoms. The van der Waals surface area contributed by atoms with Gasteiger partial charge in [-0.25, -0.2) is 4.39 Å². The Balaban J connectivity index is 2.81. The molecule has 0 fully saturated rings. The number of nitrogens with one attached hydrogen (secondary N) is 1. The van der Waals surface area contributed by atoms with Crippen LogP contribution in [0.2, 0.25) is 0 Å². The fraction of sp³-hybridized carbons (Fsp3) is 0.200. The Bertz CT molecular complexity index is 352. The Morgan fingerprint density at radius 1 is 1.54 bits per heavy atom. The number of benzene rings is 1. The Labute approximate surface area is 76.4 Å². The molecule has 0 saturated heterocycles. The molecule has 2 N–H and O–H groups in total. The minimum Gasteiger partial charge on any atom is -0.505 e. The van der Waals surface area contributed by atoms with Gasteiger partial charge < -0.3 is 10.4 Å². The maximum absolute atomic E-state index is 12.6. The third-order valence-electron chi connectivity index (χ3n) is 1.44. The van der Waals surface area contributed by atoms with Crippen molar-refractivity contribution in [2.45, 2.75) is 0 Å². The third-order valence-corrected chi connectivity index (χ3v) is 1.44. The van der Waals surface area contributed by atoms with Gasteiger partial charge in [-0.2, -0.15) is 0 Å². The van der Waals surface area contributed by atoms with Crippen molar-refractivity contribution in [3.8, 4) is 17.6 Å². The second-order valence-electron chi connectivity index (χ2n) is 2.50. The van der Waals surface area contributed by atoms with Gasteiger partial charge in [-0.15, -0.1) is 0 Å². The van der Waals surface area contributed by atoms with Crippen molar-refractivity contribution in [3.05, 3.63) is 29.6 Å². The molecule has 0 aliphatic heterocycles. The number of hydrogen-bond acceptors (Lipinski definition) is 2. The molecule has 0 unspecified atom stereocenters. The van der Waals surface area contributed by atoms with Gasteiger partial charge in [-0.1, -0.05) is 11.8 Å². The number of phenolic OH excluding ortho intramolecular Hbond substituents is 1. The fourth-order valence-corrected chi connectivity index (χ4v) is 0.825. The predicted octanol–water partition coefficient (Wildman–Crippen LogP) is 1.10. The molecule has 0 spiro atoms. The number of halogens is 1. The summed E-state index contributed by atoms with van der Waals surface area (Å²) in [7, 11) is 1.79. The molecule has 2 nitrogen and oxygen atoms in total. The third kappa shape index (κ3) is 2.77. The monoisotopic (exact) mass is 179 g/mol. The first-order valence-electron chi connectivity index (χ1n) is 3.86. The standard InChI is InChI=1S/C10H10FNO/c1-12-6-2-3-8-4-5-9(11)10(13)7-8/h4-5,7,12-13H,6H2,1H3. The van der Waals surface area contributed by atoms with Crippen molar-refractivity contribution in [1.82, 2.24) is 5.32 Å². The van der Waals surface area contributed by atoms with Crippen LogP contribution >= 0.6 is 0 Å². The lowest BCUT2D eigenvalue weighted by Crippen LogP contribution is -2.04. The van der Waals surface area contributed by atoms with Gasteiger partial charge in [-0.05, 0) is 25.2 Å². The highest BCUT2D eigenvalue weighted by Crippen LogP contribution is 2.15.